The molecule has 0 spiro atoms. The molecule has 3 atom stereocenters. The molecule has 3 amide bonds. The lowest BCUT2D eigenvalue weighted by atomic mass is 9.91. The minimum absolute atomic E-state index is 0.0439. The van der Waals surface area contributed by atoms with Gasteiger partial charge in [-0.2, -0.15) is 0 Å². The molecule has 0 radical (unpaired) electrons. The molecule has 6 rings (SSSR count). The van der Waals surface area contributed by atoms with Crippen LogP contribution in [0.15, 0.2) is 127 Å². The number of hydrogen-bond acceptors (Lipinski definition) is 8. The van der Waals surface area contributed by atoms with Crippen molar-refractivity contribution in [1.29, 1.82) is 0 Å². The van der Waals surface area contributed by atoms with E-state index in [-0.39, 0.29) is 43.5 Å². The number of benzene rings is 4. The summed E-state index contributed by atoms with van der Waals surface area (Å²) in [6.45, 7) is 0.0792. The van der Waals surface area contributed by atoms with Crippen LogP contribution in [0.2, 0.25) is 0 Å². The third-order valence-electron chi connectivity index (χ3n) is 8.96. The van der Waals surface area contributed by atoms with E-state index in [4.69, 9.17) is 19.3 Å². The number of esters is 1. The zero-order valence-electron chi connectivity index (χ0n) is 29.4. The van der Waals surface area contributed by atoms with Crippen LogP contribution in [0.25, 0.3) is 6.08 Å². The quantitative estimate of drug-likeness (QED) is 0.145. The van der Waals surface area contributed by atoms with Gasteiger partial charge in [-0.25, -0.2) is 4.79 Å². The fourth-order valence-electron chi connectivity index (χ4n) is 6.27. The Labute approximate surface area is 307 Å². The molecule has 3 unspecified atom stereocenters. The zero-order valence-corrected chi connectivity index (χ0v) is 29.4. The highest BCUT2D eigenvalue weighted by atomic mass is 16.8. The number of carbonyl (C=O) groups is 4. The van der Waals surface area contributed by atoms with Crippen LogP contribution in [0.5, 0.6) is 0 Å². The molecule has 0 aromatic heterocycles. The van der Waals surface area contributed by atoms with Crippen molar-refractivity contribution in [3.63, 3.8) is 0 Å². The van der Waals surface area contributed by atoms with Gasteiger partial charge in [-0.3, -0.25) is 14.4 Å². The molecule has 11 nitrogen and oxygen atoms in total. The molecule has 4 aromatic rings. The predicted molar refractivity (Wildman–Crippen MR) is 197 cm³/mol. The van der Waals surface area contributed by atoms with Crippen LogP contribution in [-0.2, 0) is 36.1 Å². The molecular weight excluding hydrogens is 674 g/mol. The second-order valence-electron chi connectivity index (χ2n) is 12.9. The fraction of sp³-hybridized carbons (Fsp3) is 0.238. The molecule has 1 aliphatic carbocycles. The molecule has 3 N–H and O–H groups in total. The average Bonchev–Trinajstić information content (AvgIpc) is 3.60. The molecular formula is C42H41N3O8. The van der Waals surface area contributed by atoms with Crippen molar-refractivity contribution in [2.45, 2.75) is 37.1 Å². The highest BCUT2D eigenvalue weighted by Gasteiger charge is 2.55. The standard InChI is InChI=1S/C42H41N3O8/c1-45(2)37(47)20-19-28-11-9-14-31(23-28)41(50)51-35-25-32(40(49)44-27-29-12-10-13-30(24-29)39(48)43-21-22-46)26-36-38(35)53-42(52-36,33-15-5-3-6-16-33)34-17-7-4-8-18-34/h3-20,23-24,26,35-36,38,46H,21-22,25,27H2,1-2H3,(H,43,48)(H,44,49). The lowest BCUT2D eigenvalue weighted by Crippen LogP contribution is -2.43. The number of likely N-dealkylation sites (N-methyl/N-ethyl adjacent to an activating group) is 1. The number of amides is 3. The average molecular weight is 716 g/mol. The van der Waals surface area contributed by atoms with E-state index in [0.29, 0.717) is 22.3 Å². The van der Waals surface area contributed by atoms with E-state index in [2.05, 4.69) is 10.6 Å². The minimum Gasteiger partial charge on any atom is -0.456 e. The molecule has 2 aliphatic rings. The van der Waals surface area contributed by atoms with E-state index < -0.39 is 36.0 Å². The first-order chi connectivity index (χ1) is 25.7. The number of carbonyl (C=O) groups excluding carboxylic acids is 4. The van der Waals surface area contributed by atoms with E-state index >= 15 is 0 Å². The number of fused-ring (bicyclic) bond motifs is 1. The van der Waals surface area contributed by atoms with Crippen molar-refractivity contribution >= 4 is 29.8 Å². The number of hydrogen-bond donors (Lipinski definition) is 3. The summed E-state index contributed by atoms with van der Waals surface area (Å²) in [5.41, 5.74) is 3.82. The van der Waals surface area contributed by atoms with Gasteiger partial charge in [0.05, 0.1) is 12.2 Å². The maximum absolute atomic E-state index is 13.8. The lowest BCUT2D eigenvalue weighted by Gasteiger charge is -2.31. The van der Waals surface area contributed by atoms with Crippen molar-refractivity contribution < 1.29 is 38.5 Å². The van der Waals surface area contributed by atoms with Crippen LogP contribution in [-0.4, -0.2) is 79.3 Å². The molecule has 1 saturated heterocycles. The van der Waals surface area contributed by atoms with E-state index in [1.54, 1.807) is 74.8 Å². The molecule has 1 aliphatic heterocycles. The second kappa shape index (κ2) is 16.6. The van der Waals surface area contributed by atoms with Crippen LogP contribution in [0.3, 0.4) is 0 Å². The zero-order chi connectivity index (χ0) is 37.4. The number of ether oxygens (including phenoxy) is 3. The maximum Gasteiger partial charge on any atom is 0.338 e. The van der Waals surface area contributed by atoms with Crippen LogP contribution >= 0.6 is 0 Å². The van der Waals surface area contributed by atoms with Crippen LogP contribution < -0.4 is 10.6 Å². The molecule has 11 heteroatoms. The SMILES string of the molecule is CN(C)C(=O)C=Cc1cccc(C(=O)OC2CC(C(=O)NCc3cccc(C(=O)NCCO)c3)=CC3OC(c4ccccc4)(c4ccccc4)OC32)c1. The first-order valence-electron chi connectivity index (χ1n) is 17.3. The van der Waals surface area contributed by atoms with E-state index in [9.17, 15) is 19.2 Å². The maximum atomic E-state index is 13.8. The van der Waals surface area contributed by atoms with Crippen molar-refractivity contribution in [1.82, 2.24) is 15.5 Å². The van der Waals surface area contributed by atoms with Crippen molar-refractivity contribution in [2.24, 2.45) is 0 Å². The predicted octanol–water partition coefficient (Wildman–Crippen LogP) is 4.37. The third-order valence-corrected chi connectivity index (χ3v) is 8.96. The molecule has 272 valence electrons. The molecule has 4 aromatic carbocycles. The Balaban J connectivity index is 1.28. The van der Waals surface area contributed by atoms with Crippen LogP contribution in [0.1, 0.15) is 49.4 Å². The van der Waals surface area contributed by atoms with Gasteiger partial charge >= 0.3 is 5.97 Å². The summed E-state index contributed by atoms with van der Waals surface area (Å²) in [5, 5.41) is 14.6. The lowest BCUT2D eigenvalue weighted by molar-refractivity contribution is -0.157. The van der Waals surface area contributed by atoms with Crippen molar-refractivity contribution in [2.75, 3.05) is 27.2 Å². The summed E-state index contributed by atoms with van der Waals surface area (Å²) >= 11 is 0. The van der Waals surface area contributed by atoms with Crippen molar-refractivity contribution in [3.8, 4) is 0 Å². The van der Waals surface area contributed by atoms with Crippen LogP contribution in [0.4, 0.5) is 0 Å². The van der Waals surface area contributed by atoms with Gasteiger partial charge in [0.15, 0.2) is 0 Å². The van der Waals surface area contributed by atoms with Crippen molar-refractivity contribution in [3.05, 3.63) is 160 Å². The molecule has 53 heavy (non-hydrogen) atoms. The third kappa shape index (κ3) is 8.61. The number of nitrogens with one attached hydrogen (secondary N) is 2. The number of rotatable bonds is 12. The second-order valence-corrected chi connectivity index (χ2v) is 12.9. The highest BCUT2D eigenvalue weighted by Crippen LogP contribution is 2.47. The van der Waals surface area contributed by atoms with Gasteiger partial charge in [0.2, 0.25) is 17.6 Å². The van der Waals surface area contributed by atoms with Gasteiger partial charge in [-0.05, 0) is 47.5 Å². The Morgan fingerprint density at radius 2 is 1.51 bits per heavy atom. The summed E-state index contributed by atoms with van der Waals surface area (Å²) in [4.78, 5) is 53.5. The summed E-state index contributed by atoms with van der Waals surface area (Å²) in [6, 6.07) is 32.5. The monoisotopic (exact) mass is 715 g/mol. The van der Waals surface area contributed by atoms with Crippen LogP contribution in [0, 0.1) is 0 Å². The minimum atomic E-state index is -1.36. The summed E-state index contributed by atoms with van der Waals surface area (Å²) < 4.78 is 19.8. The van der Waals surface area contributed by atoms with Gasteiger partial charge in [0.1, 0.15) is 18.3 Å². The topological polar surface area (TPSA) is 144 Å². The normalized spacial score (nSPS) is 18.8. The molecule has 1 fully saturated rings. The van der Waals surface area contributed by atoms with E-state index in [0.717, 1.165) is 11.1 Å². The molecule has 0 saturated carbocycles. The summed E-state index contributed by atoms with van der Waals surface area (Å²) in [7, 11) is 3.31. The Hall–Kier alpha value is -5.88. The summed E-state index contributed by atoms with van der Waals surface area (Å²) in [6.07, 6.45) is 2.36. The smallest absolute Gasteiger partial charge is 0.338 e. The number of aliphatic hydroxyl groups is 1. The Kier molecular flexibility index (Phi) is 11.6. The Bertz CT molecular complexity index is 1970. The van der Waals surface area contributed by atoms with E-state index in [1.807, 2.05) is 60.7 Å². The Morgan fingerprint density at radius 1 is 0.830 bits per heavy atom. The van der Waals surface area contributed by atoms with E-state index in [1.165, 1.54) is 11.0 Å². The largest absolute Gasteiger partial charge is 0.456 e. The first kappa shape index (κ1) is 36.9. The number of aliphatic hydroxyl groups excluding tert-OH is 1. The molecule has 0 bridgehead atoms. The van der Waals surface area contributed by atoms with Gasteiger partial charge in [0.25, 0.3) is 5.91 Å². The molecule has 1 heterocycles. The van der Waals surface area contributed by atoms with Gasteiger partial charge in [-0.15, -0.1) is 0 Å². The van der Waals surface area contributed by atoms with Gasteiger partial charge in [-0.1, -0.05) is 84.9 Å². The summed E-state index contributed by atoms with van der Waals surface area (Å²) in [5.74, 6) is -2.90. The highest BCUT2D eigenvalue weighted by molar-refractivity contribution is 5.96. The van der Waals surface area contributed by atoms with Gasteiger partial charge < -0.3 is 34.9 Å². The fourth-order valence-corrected chi connectivity index (χ4v) is 6.27. The Morgan fingerprint density at radius 3 is 2.19 bits per heavy atom. The van der Waals surface area contributed by atoms with Gasteiger partial charge in [0, 0.05) is 61.9 Å². The first-order valence-corrected chi connectivity index (χ1v) is 17.3. The number of nitrogens with zero attached hydrogens (tertiary/aromatic N) is 1.